The molecule has 0 saturated carbocycles. The number of aryl methyl sites for hydroxylation is 2. The smallest absolute Gasteiger partial charge is 0.344 e. The van der Waals surface area contributed by atoms with Crippen molar-refractivity contribution in [1.82, 2.24) is 0 Å². The summed E-state index contributed by atoms with van der Waals surface area (Å²) in [6.45, 7) is 3.79. The highest BCUT2D eigenvalue weighted by Crippen LogP contribution is 2.27. The zero-order chi connectivity index (χ0) is 22.5. The van der Waals surface area contributed by atoms with Crippen LogP contribution in [0.15, 0.2) is 82.2 Å². The number of ether oxygens (including phenoxy) is 3. The fraction of sp³-hybridized carbons (Fsp3) is 0.154. The third kappa shape index (κ3) is 4.98. The van der Waals surface area contributed by atoms with Crippen LogP contribution in [0.3, 0.4) is 0 Å². The first-order valence-corrected chi connectivity index (χ1v) is 10.1. The normalized spacial score (nSPS) is 10.7. The summed E-state index contributed by atoms with van der Waals surface area (Å²) in [4.78, 5) is 24.8. The van der Waals surface area contributed by atoms with E-state index in [1.807, 2.05) is 62.4 Å². The Morgan fingerprint density at radius 3 is 2.56 bits per heavy atom. The summed E-state index contributed by atoms with van der Waals surface area (Å²) < 4.78 is 22.1. The van der Waals surface area contributed by atoms with Gasteiger partial charge < -0.3 is 18.6 Å². The molecule has 1 aromatic heterocycles. The van der Waals surface area contributed by atoms with E-state index in [9.17, 15) is 9.59 Å². The molecular weight excluding hydrogens is 408 g/mol. The van der Waals surface area contributed by atoms with E-state index in [1.165, 1.54) is 6.26 Å². The van der Waals surface area contributed by atoms with Crippen molar-refractivity contribution < 1.29 is 23.4 Å². The number of carbonyl (C=O) groups is 1. The van der Waals surface area contributed by atoms with Gasteiger partial charge in [0.2, 0.25) is 11.2 Å². The van der Waals surface area contributed by atoms with Gasteiger partial charge in [-0.05, 0) is 48.7 Å². The minimum atomic E-state index is -0.493. The third-order valence-electron chi connectivity index (χ3n) is 4.88. The Kier molecular flexibility index (Phi) is 6.22. The molecule has 0 saturated heterocycles. The Morgan fingerprint density at radius 1 is 0.938 bits per heavy atom. The molecule has 0 aliphatic carbocycles. The number of fused-ring (bicyclic) bond motifs is 1. The molecule has 3 aromatic carbocycles. The largest absolute Gasteiger partial charge is 0.482 e. The molecule has 0 atom stereocenters. The Bertz CT molecular complexity index is 1310. The molecule has 0 unspecified atom stereocenters. The van der Waals surface area contributed by atoms with Crippen molar-refractivity contribution in [3.63, 3.8) is 0 Å². The molecule has 4 aromatic rings. The lowest BCUT2D eigenvalue weighted by Crippen LogP contribution is -2.14. The molecule has 0 amide bonds. The summed E-state index contributed by atoms with van der Waals surface area (Å²) in [5.41, 5.74) is 2.88. The molecule has 6 heteroatoms. The molecule has 0 radical (unpaired) electrons. The maximum Gasteiger partial charge on any atom is 0.344 e. The van der Waals surface area contributed by atoms with Gasteiger partial charge in [-0.1, -0.05) is 42.5 Å². The second-order valence-corrected chi connectivity index (χ2v) is 7.39. The maximum atomic E-state index is 12.8. The van der Waals surface area contributed by atoms with E-state index in [2.05, 4.69) is 0 Å². The molecule has 32 heavy (non-hydrogen) atoms. The van der Waals surface area contributed by atoms with Crippen LogP contribution < -0.4 is 14.9 Å². The van der Waals surface area contributed by atoms with Gasteiger partial charge in [0.1, 0.15) is 30.0 Å². The second kappa shape index (κ2) is 9.39. The van der Waals surface area contributed by atoms with Crippen LogP contribution in [0.2, 0.25) is 0 Å². The topological polar surface area (TPSA) is 75.0 Å². The fourth-order valence-electron chi connectivity index (χ4n) is 3.11. The lowest BCUT2D eigenvalue weighted by atomic mass is 10.1. The Morgan fingerprint density at radius 2 is 1.75 bits per heavy atom. The van der Waals surface area contributed by atoms with Crippen LogP contribution in [0.4, 0.5) is 0 Å². The van der Waals surface area contributed by atoms with Gasteiger partial charge >= 0.3 is 5.97 Å². The predicted octanol–water partition coefficient (Wildman–Crippen LogP) is 5.32. The van der Waals surface area contributed by atoms with Gasteiger partial charge in [0.25, 0.3) is 0 Å². The van der Waals surface area contributed by atoms with E-state index < -0.39 is 5.97 Å². The van der Waals surface area contributed by atoms with Crippen LogP contribution in [0.1, 0.15) is 16.7 Å². The van der Waals surface area contributed by atoms with Crippen LogP contribution in [0, 0.1) is 13.8 Å². The first-order chi connectivity index (χ1) is 15.5. The van der Waals surface area contributed by atoms with Gasteiger partial charge in [0.15, 0.2) is 6.61 Å². The Hall–Kier alpha value is -4.06. The monoisotopic (exact) mass is 430 g/mol. The van der Waals surface area contributed by atoms with Gasteiger partial charge in [0, 0.05) is 6.07 Å². The van der Waals surface area contributed by atoms with Crippen molar-refractivity contribution in [2.75, 3.05) is 6.61 Å². The van der Waals surface area contributed by atoms with E-state index >= 15 is 0 Å². The van der Waals surface area contributed by atoms with E-state index in [-0.39, 0.29) is 24.4 Å². The highest BCUT2D eigenvalue weighted by atomic mass is 16.6. The summed E-state index contributed by atoms with van der Waals surface area (Å²) in [5.74, 6) is 0.600. The Labute approximate surface area is 185 Å². The van der Waals surface area contributed by atoms with Crippen molar-refractivity contribution in [3.8, 4) is 17.2 Å². The molecule has 162 valence electrons. The van der Waals surface area contributed by atoms with Crippen LogP contribution in [-0.2, 0) is 16.1 Å². The molecule has 4 rings (SSSR count). The van der Waals surface area contributed by atoms with Gasteiger partial charge in [0.05, 0.1) is 5.39 Å². The molecule has 0 bridgehead atoms. The lowest BCUT2D eigenvalue weighted by molar-refractivity contribution is -0.147. The molecule has 1 heterocycles. The SMILES string of the molecule is Cc1ccc(C)c(Oc2coc3cc(OCC(=O)OCc4ccccc4)ccc3c2=O)c1. The van der Waals surface area contributed by atoms with E-state index in [0.29, 0.717) is 22.5 Å². The summed E-state index contributed by atoms with van der Waals surface area (Å²) in [7, 11) is 0. The second-order valence-electron chi connectivity index (χ2n) is 7.39. The van der Waals surface area contributed by atoms with Crippen LogP contribution in [-0.4, -0.2) is 12.6 Å². The molecular formula is C26H22O6. The number of carbonyl (C=O) groups excluding carboxylic acids is 1. The first kappa shape index (κ1) is 21.2. The minimum absolute atomic E-state index is 0.101. The number of benzene rings is 3. The minimum Gasteiger partial charge on any atom is -0.482 e. The summed E-state index contributed by atoms with van der Waals surface area (Å²) in [6, 6.07) is 19.9. The van der Waals surface area contributed by atoms with Crippen LogP contribution >= 0.6 is 0 Å². The van der Waals surface area contributed by atoms with Crippen molar-refractivity contribution in [3.05, 3.63) is 99.9 Å². The standard InChI is InChI=1S/C26H22O6/c1-17-8-9-18(2)22(12-17)32-24-15-30-23-13-20(10-11-21(23)26(24)28)29-16-25(27)31-14-19-6-4-3-5-7-19/h3-13,15H,14,16H2,1-2H3. The van der Waals surface area contributed by atoms with Crippen LogP contribution in [0.25, 0.3) is 11.0 Å². The van der Waals surface area contributed by atoms with Gasteiger partial charge in [-0.3, -0.25) is 4.79 Å². The van der Waals surface area contributed by atoms with Gasteiger partial charge in [-0.15, -0.1) is 0 Å². The first-order valence-electron chi connectivity index (χ1n) is 10.1. The number of hydrogen-bond acceptors (Lipinski definition) is 6. The molecule has 0 N–H and O–H groups in total. The van der Waals surface area contributed by atoms with Gasteiger partial charge in [-0.2, -0.15) is 0 Å². The Balaban J connectivity index is 1.43. The van der Waals surface area contributed by atoms with Crippen molar-refractivity contribution >= 4 is 16.9 Å². The predicted molar refractivity (Wildman–Crippen MR) is 120 cm³/mol. The van der Waals surface area contributed by atoms with Crippen molar-refractivity contribution in [2.45, 2.75) is 20.5 Å². The number of rotatable bonds is 7. The van der Waals surface area contributed by atoms with Crippen LogP contribution in [0.5, 0.6) is 17.2 Å². The summed E-state index contributed by atoms with van der Waals surface area (Å²) >= 11 is 0. The zero-order valence-electron chi connectivity index (χ0n) is 17.8. The highest BCUT2D eigenvalue weighted by molar-refractivity contribution is 5.79. The summed E-state index contributed by atoms with van der Waals surface area (Å²) in [6.07, 6.45) is 1.28. The van der Waals surface area contributed by atoms with Crippen molar-refractivity contribution in [2.24, 2.45) is 0 Å². The molecule has 0 aliphatic heterocycles. The van der Waals surface area contributed by atoms with E-state index in [0.717, 1.165) is 16.7 Å². The quantitative estimate of drug-likeness (QED) is 0.369. The zero-order valence-corrected chi connectivity index (χ0v) is 17.8. The van der Waals surface area contributed by atoms with Gasteiger partial charge in [-0.25, -0.2) is 4.79 Å². The van der Waals surface area contributed by atoms with Crippen molar-refractivity contribution in [1.29, 1.82) is 0 Å². The average molecular weight is 430 g/mol. The lowest BCUT2D eigenvalue weighted by Gasteiger charge is -2.10. The van der Waals surface area contributed by atoms with E-state index in [4.69, 9.17) is 18.6 Å². The molecule has 0 spiro atoms. The van der Waals surface area contributed by atoms with E-state index in [1.54, 1.807) is 18.2 Å². The molecule has 6 nitrogen and oxygen atoms in total. The number of hydrogen-bond donors (Lipinski definition) is 0. The summed E-state index contributed by atoms with van der Waals surface area (Å²) in [5, 5.41) is 0.354. The number of esters is 1. The fourth-order valence-corrected chi connectivity index (χ4v) is 3.11. The third-order valence-corrected chi connectivity index (χ3v) is 4.88. The highest BCUT2D eigenvalue weighted by Gasteiger charge is 2.12. The molecule has 0 fully saturated rings. The molecule has 0 aliphatic rings. The maximum absolute atomic E-state index is 12.8. The average Bonchev–Trinajstić information content (AvgIpc) is 2.81.